The third-order valence-corrected chi connectivity index (χ3v) is 3.53. The molecule has 0 radical (unpaired) electrons. The minimum Gasteiger partial charge on any atom is -0.374 e. The fourth-order valence-electron chi connectivity index (χ4n) is 2.51. The largest absolute Gasteiger partial charge is 0.374 e. The molecule has 2 nitrogen and oxygen atoms in total. The lowest BCUT2D eigenvalue weighted by molar-refractivity contribution is -0.0900. The van der Waals surface area contributed by atoms with Crippen molar-refractivity contribution in [2.24, 2.45) is 0 Å². The number of likely N-dealkylation sites (N-methyl/N-ethyl adjacent to an activating group) is 1. The normalized spacial score (nSPS) is 29.0. The van der Waals surface area contributed by atoms with Crippen molar-refractivity contribution in [3.05, 3.63) is 0 Å². The highest BCUT2D eigenvalue weighted by Gasteiger charge is 2.35. The van der Waals surface area contributed by atoms with Gasteiger partial charge >= 0.3 is 0 Å². The monoisotopic (exact) mass is 213 g/mol. The molecular formula is C13H27NO. The van der Waals surface area contributed by atoms with E-state index < -0.39 is 0 Å². The maximum absolute atomic E-state index is 6.01. The first-order valence-electron chi connectivity index (χ1n) is 6.60. The summed E-state index contributed by atoms with van der Waals surface area (Å²) >= 11 is 0. The number of nitrogens with one attached hydrogen (secondary N) is 1. The SMILES string of the molecule is CCCCC(NCC)C1(C)CCCCO1. The van der Waals surface area contributed by atoms with Crippen molar-refractivity contribution in [3.63, 3.8) is 0 Å². The van der Waals surface area contributed by atoms with E-state index in [4.69, 9.17) is 4.74 Å². The summed E-state index contributed by atoms with van der Waals surface area (Å²) in [6.45, 7) is 8.73. The molecule has 0 aromatic heterocycles. The Morgan fingerprint density at radius 1 is 1.33 bits per heavy atom. The molecule has 15 heavy (non-hydrogen) atoms. The summed E-state index contributed by atoms with van der Waals surface area (Å²) in [7, 11) is 0. The highest BCUT2D eigenvalue weighted by atomic mass is 16.5. The van der Waals surface area contributed by atoms with Gasteiger partial charge in [-0.3, -0.25) is 0 Å². The summed E-state index contributed by atoms with van der Waals surface area (Å²) in [6, 6.07) is 0.544. The second-order valence-corrected chi connectivity index (χ2v) is 4.87. The number of hydrogen-bond acceptors (Lipinski definition) is 2. The third-order valence-electron chi connectivity index (χ3n) is 3.53. The van der Waals surface area contributed by atoms with E-state index in [1.807, 2.05) is 0 Å². The maximum Gasteiger partial charge on any atom is 0.0806 e. The van der Waals surface area contributed by atoms with Crippen molar-refractivity contribution in [1.82, 2.24) is 5.32 Å². The summed E-state index contributed by atoms with van der Waals surface area (Å²) < 4.78 is 6.01. The predicted molar refractivity (Wildman–Crippen MR) is 65.2 cm³/mol. The number of unbranched alkanes of at least 4 members (excludes halogenated alkanes) is 1. The van der Waals surface area contributed by atoms with Gasteiger partial charge in [-0.05, 0) is 39.2 Å². The molecule has 1 saturated heterocycles. The van der Waals surface area contributed by atoms with Gasteiger partial charge in [-0.2, -0.15) is 0 Å². The molecule has 0 amide bonds. The molecule has 2 atom stereocenters. The zero-order valence-corrected chi connectivity index (χ0v) is 10.6. The van der Waals surface area contributed by atoms with Crippen molar-refractivity contribution in [3.8, 4) is 0 Å². The van der Waals surface area contributed by atoms with Crippen LogP contribution in [0.2, 0.25) is 0 Å². The van der Waals surface area contributed by atoms with E-state index in [2.05, 4.69) is 26.1 Å². The van der Waals surface area contributed by atoms with E-state index in [0.717, 1.165) is 13.2 Å². The Kier molecular flexibility index (Phi) is 5.62. The third kappa shape index (κ3) is 3.76. The number of rotatable bonds is 6. The highest BCUT2D eigenvalue weighted by molar-refractivity contribution is 4.91. The predicted octanol–water partition coefficient (Wildman–Crippen LogP) is 3.11. The summed E-state index contributed by atoms with van der Waals surface area (Å²) in [5.74, 6) is 0. The van der Waals surface area contributed by atoms with Crippen molar-refractivity contribution in [2.75, 3.05) is 13.2 Å². The molecule has 1 aliphatic rings. The van der Waals surface area contributed by atoms with Crippen LogP contribution in [0, 0.1) is 0 Å². The van der Waals surface area contributed by atoms with E-state index >= 15 is 0 Å². The molecule has 2 unspecified atom stereocenters. The quantitative estimate of drug-likeness (QED) is 0.732. The van der Waals surface area contributed by atoms with Gasteiger partial charge in [-0.15, -0.1) is 0 Å². The van der Waals surface area contributed by atoms with Gasteiger partial charge in [0.15, 0.2) is 0 Å². The van der Waals surface area contributed by atoms with Crippen molar-refractivity contribution in [2.45, 2.75) is 70.9 Å². The van der Waals surface area contributed by atoms with Crippen LogP contribution in [-0.4, -0.2) is 24.8 Å². The average molecular weight is 213 g/mol. The number of hydrogen-bond donors (Lipinski definition) is 1. The second kappa shape index (κ2) is 6.49. The number of ether oxygens (including phenoxy) is 1. The smallest absolute Gasteiger partial charge is 0.0806 e. The van der Waals surface area contributed by atoms with Crippen LogP contribution in [0.3, 0.4) is 0 Å². The van der Waals surface area contributed by atoms with Gasteiger partial charge in [0.25, 0.3) is 0 Å². The van der Waals surface area contributed by atoms with Crippen LogP contribution in [-0.2, 0) is 4.74 Å². The van der Waals surface area contributed by atoms with Crippen molar-refractivity contribution >= 4 is 0 Å². The van der Waals surface area contributed by atoms with Crippen LogP contribution in [0.1, 0.15) is 59.3 Å². The lowest BCUT2D eigenvalue weighted by Gasteiger charge is -2.41. The van der Waals surface area contributed by atoms with Gasteiger partial charge < -0.3 is 10.1 Å². The van der Waals surface area contributed by atoms with Gasteiger partial charge in [-0.25, -0.2) is 0 Å². The fourth-order valence-corrected chi connectivity index (χ4v) is 2.51. The van der Waals surface area contributed by atoms with Crippen molar-refractivity contribution < 1.29 is 4.74 Å². The van der Waals surface area contributed by atoms with Crippen LogP contribution >= 0.6 is 0 Å². The van der Waals surface area contributed by atoms with E-state index in [-0.39, 0.29) is 5.60 Å². The Labute approximate surface area is 94.8 Å². The zero-order chi connectivity index (χ0) is 11.1. The van der Waals surface area contributed by atoms with Gasteiger partial charge in [0.2, 0.25) is 0 Å². The van der Waals surface area contributed by atoms with Crippen LogP contribution in [0.4, 0.5) is 0 Å². The van der Waals surface area contributed by atoms with Crippen LogP contribution in [0.25, 0.3) is 0 Å². The molecule has 0 aliphatic carbocycles. The van der Waals surface area contributed by atoms with Crippen LogP contribution < -0.4 is 5.32 Å². The Morgan fingerprint density at radius 2 is 2.13 bits per heavy atom. The second-order valence-electron chi connectivity index (χ2n) is 4.87. The first-order valence-corrected chi connectivity index (χ1v) is 6.60. The highest BCUT2D eigenvalue weighted by Crippen LogP contribution is 2.30. The molecule has 0 saturated carbocycles. The molecular weight excluding hydrogens is 186 g/mol. The standard InChI is InChI=1S/C13H27NO/c1-4-6-9-12(14-5-2)13(3)10-7-8-11-15-13/h12,14H,4-11H2,1-3H3. The fraction of sp³-hybridized carbons (Fsp3) is 1.00. The van der Waals surface area contributed by atoms with Crippen molar-refractivity contribution in [1.29, 1.82) is 0 Å². The molecule has 0 aromatic rings. The summed E-state index contributed by atoms with van der Waals surface area (Å²) in [5, 5.41) is 3.60. The zero-order valence-electron chi connectivity index (χ0n) is 10.6. The molecule has 1 fully saturated rings. The summed E-state index contributed by atoms with van der Waals surface area (Å²) in [6.07, 6.45) is 7.61. The molecule has 0 aromatic carbocycles. The molecule has 2 heteroatoms. The Bertz CT molecular complexity index is 164. The maximum atomic E-state index is 6.01. The van der Waals surface area contributed by atoms with Crippen LogP contribution in [0.5, 0.6) is 0 Å². The van der Waals surface area contributed by atoms with E-state index in [9.17, 15) is 0 Å². The topological polar surface area (TPSA) is 21.3 Å². The molecule has 1 rings (SSSR count). The van der Waals surface area contributed by atoms with Gasteiger partial charge in [0, 0.05) is 12.6 Å². The van der Waals surface area contributed by atoms with Gasteiger partial charge in [0.1, 0.15) is 0 Å². The Balaban J connectivity index is 2.50. The first-order chi connectivity index (χ1) is 7.23. The Hall–Kier alpha value is -0.0800. The molecule has 0 bridgehead atoms. The van der Waals surface area contributed by atoms with Gasteiger partial charge in [0.05, 0.1) is 5.60 Å². The minimum atomic E-state index is 0.0867. The lowest BCUT2D eigenvalue weighted by atomic mass is 9.85. The first kappa shape index (κ1) is 13.0. The molecule has 90 valence electrons. The lowest BCUT2D eigenvalue weighted by Crippen LogP contribution is -2.52. The molecule has 0 spiro atoms. The minimum absolute atomic E-state index is 0.0867. The Morgan fingerprint density at radius 3 is 2.67 bits per heavy atom. The molecule has 1 aliphatic heterocycles. The average Bonchev–Trinajstić information content (AvgIpc) is 2.25. The summed E-state index contributed by atoms with van der Waals surface area (Å²) in [4.78, 5) is 0. The molecule has 1 heterocycles. The van der Waals surface area contributed by atoms with E-state index in [1.54, 1.807) is 0 Å². The van der Waals surface area contributed by atoms with Crippen LogP contribution in [0.15, 0.2) is 0 Å². The van der Waals surface area contributed by atoms with E-state index in [1.165, 1.54) is 38.5 Å². The van der Waals surface area contributed by atoms with Gasteiger partial charge in [-0.1, -0.05) is 26.7 Å². The summed E-state index contributed by atoms with van der Waals surface area (Å²) in [5.41, 5.74) is 0.0867. The molecule has 1 N–H and O–H groups in total. The van der Waals surface area contributed by atoms with E-state index in [0.29, 0.717) is 6.04 Å².